The monoisotopic (exact) mass is 336 g/mol. The summed E-state index contributed by atoms with van der Waals surface area (Å²) in [6.45, 7) is 2.43. The number of hydrogen-bond donors (Lipinski definition) is 0. The lowest BCUT2D eigenvalue weighted by Crippen LogP contribution is -1.90. The van der Waals surface area contributed by atoms with Gasteiger partial charge in [0.25, 0.3) is 0 Å². The number of carbonyl (C=O) groups excluding carboxylic acids is 1. The van der Waals surface area contributed by atoms with Crippen LogP contribution in [0.2, 0.25) is 0 Å². The molecule has 0 aliphatic carbocycles. The van der Waals surface area contributed by atoms with Gasteiger partial charge in [0.05, 0.1) is 0 Å². The summed E-state index contributed by atoms with van der Waals surface area (Å²) in [5.41, 5.74) is 4.87. The molecule has 2 rings (SSSR count). The van der Waals surface area contributed by atoms with Gasteiger partial charge in [0, 0.05) is 13.7 Å². The molecule has 2 nitrogen and oxygen atoms in total. The minimum Gasteiger partial charge on any atom is -0.385 e. The third-order valence-electron chi connectivity index (χ3n) is 4.27. The molecule has 0 atom stereocenters. The zero-order chi connectivity index (χ0) is 17.9. The molecular formula is C23H28O2. The van der Waals surface area contributed by atoms with Crippen LogP contribution >= 0.6 is 0 Å². The van der Waals surface area contributed by atoms with E-state index in [1.54, 1.807) is 20.1 Å². The quantitative estimate of drug-likeness (QED) is 0.410. The lowest BCUT2D eigenvalue weighted by molar-refractivity contribution is -0.112. The number of methoxy groups -OCH3 is 1. The predicted octanol–water partition coefficient (Wildman–Crippen LogP) is 5.71. The van der Waals surface area contributed by atoms with E-state index in [0.29, 0.717) is 0 Å². The van der Waals surface area contributed by atoms with Crippen LogP contribution in [0.3, 0.4) is 0 Å². The summed E-state index contributed by atoms with van der Waals surface area (Å²) >= 11 is 0. The molecule has 0 amide bonds. The first-order chi connectivity index (χ1) is 12.2. The fourth-order valence-electron chi connectivity index (χ4n) is 2.79. The van der Waals surface area contributed by atoms with Crippen molar-refractivity contribution in [2.75, 3.05) is 13.7 Å². The number of rotatable bonds is 10. The minimum absolute atomic E-state index is 0.0679. The summed E-state index contributed by atoms with van der Waals surface area (Å²) in [5, 5.41) is 0. The van der Waals surface area contributed by atoms with Crippen molar-refractivity contribution in [2.45, 2.75) is 39.0 Å². The van der Waals surface area contributed by atoms with Gasteiger partial charge in [-0.3, -0.25) is 4.79 Å². The van der Waals surface area contributed by atoms with Gasteiger partial charge >= 0.3 is 0 Å². The molecule has 0 N–H and O–H groups in total. The normalized spacial score (nSPS) is 11.1. The molecular weight excluding hydrogens is 308 g/mol. The van der Waals surface area contributed by atoms with E-state index < -0.39 is 0 Å². The lowest BCUT2D eigenvalue weighted by atomic mass is 10.00. The van der Waals surface area contributed by atoms with E-state index >= 15 is 0 Å². The second-order valence-electron chi connectivity index (χ2n) is 6.42. The highest BCUT2D eigenvalue weighted by molar-refractivity contribution is 5.91. The van der Waals surface area contributed by atoms with Gasteiger partial charge in [0.15, 0.2) is 5.78 Å². The van der Waals surface area contributed by atoms with Crippen LogP contribution in [-0.2, 0) is 16.0 Å². The first-order valence-electron chi connectivity index (χ1n) is 9.06. The van der Waals surface area contributed by atoms with Crippen LogP contribution in [-0.4, -0.2) is 19.5 Å². The highest BCUT2D eigenvalue weighted by Crippen LogP contribution is 2.21. The number of aryl methyl sites for hydroxylation is 1. The van der Waals surface area contributed by atoms with E-state index in [4.69, 9.17) is 4.74 Å². The van der Waals surface area contributed by atoms with Gasteiger partial charge in [0.1, 0.15) is 0 Å². The topological polar surface area (TPSA) is 26.3 Å². The Hall–Kier alpha value is -2.19. The Bertz CT molecular complexity index is 666. The largest absolute Gasteiger partial charge is 0.385 e. The molecule has 2 aromatic carbocycles. The first-order valence-corrected chi connectivity index (χ1v) is 9.06. The van der Waals surface area contributed by atoms with Crippen LogP contribution < -0.4 is 0 Å². The number of carbonyl (C=O) groups is 1. The van der Waals surface area contributed by atoms with Gasteiger partial charge in [-0.25, -0.2) is 0 Å². The van der Waals surface area contributed by atoms with E-state index in [2.05, 4.69) is 36.4 Å². The molecule has 0 unspecified atom stereocenters. The first kappa shape index (κ1) is 19.1. The fraction of sp³-hybridized carbons (Fsp3) is 0.348. The molecule has 0 radical (unpaired) electrons. The van der Waals surface area contributed by atoms with Gasteiger partial charge in [-0.2, -0.15) is 0 Å². The maximum Gasteiger partial charge on any atom is 0.152 e. The van der Waals surface area contributed by atoms with Gasteiger partial charge in [0.2, 0.25) is 0 Å². The summed E-state index contributed by atoms with van der Waals surface area (Å²) in [7, 11) is 1.76. The standard InChI is InChI=1S/C23H28O2/c1-19(24)8-9-21-12-16-23(17-13-21)22-14-10-20(11-15-22)7-5-3-4-6-18-25-2/h8-17H,3-7,18H2,1-2H3. The van der Waals surface area contributed by atoms with Gasteiger partial charge in [-0.05, 0) is 54.5 Å². The second-order valence-corrected chi connectivity index (χ2v) is 6.42. The third-order valence-corrected chi connectivity index (χ3v) is 4.27. The summed E-state index contributed by atoms with van der Waals surface area (Å²) in [6.07, 6.45) is 9.49. The number of ketones is 1. The number of hydrogen-bond acceptors (Lipinski definition) is 2. The summed E-state index contributed by atoms with van der Waals surface area (Å²) in [5.74, 6) is 0.0679. The lowest BCUT2D eigenvalue weighted by Gasteiger charge is -2.06. The molecule has 0 aliphatic rings. The van der Waals surface area contributed by atoms with Crippen LogP contribution in [0.15, 0.2) is 54.6 Å². The van der Waals surface area contributed by atoms with Gasteiger partial charge in [-0.1, -0.05) is 67.4 Å². The number of unbranched alkanes of at least 4 members (excludes halogenated alkanes) is 3. The molecule has 0 heterocycles. The summed E-state index contributed by atoms with van der Waals surface area (Å²) < 4.78 is 5.07. The van der Waals surface area contributed by atoms with Crippen molar-refractivity contribution in [1.29, 1.82) is 0 Å². The molecule has 132 valence electrons. The van der Waals surface area contributed by atoms with Crippen molar-refractivity contribution in [3.05, 3.63) is 65.7 Å². The van der Waals surface area contributed by atoms with Crippen molar-refractivity contribution < 1.29 is 9.53 Å². The smallest absolute Gasteiger partial charge is 0.152 e. The molecule has 0 spiro atoms. The minimum atomic E-state index is 0.0679. The van der Waals surface area contributed by atoms with Crippen LogP contribution in [0.1, 0.15) is 43.7 Å². The Labute approximate surface area is 151 Å². The molecule has 0 bridgehead atoms. The van der Waals surface area contributed by atoms with E-state index in [9.17, 15) is 4.79 Å². The zero-order valence-electron chi connectivity index (χ0n) is 15.3. The van der Waals surface area contributed by atoms with Crippen molar-refractivity contribution in [3.63, 3.8) is 0 Å². The average molecular weight is 336 g/mol. The van der Waals surface area contributed by atoms with Crippen molar-refractivity contribution in [2.24, 2.45) is 0 Å². The van der Waals surface area contributed by atoms with Crippen molar-refractivity contribution in [3.8, 4) is 11.1 Å². The van der Waals surface area contributed by atoms with Gasteiger partial charge in [-0.15, -0.1) is 0 Å². The van der Waals surface area contributed by atoms with Crippen LogP contribution in [0, 0.1) is 0 Å². The predicted molar refractivity (Wildman–Crippen MR) is 106 cm³/mol. The van der Waals surface area contributed by atoms with Gasteiger partial charge < -0.3 is 4.74 Å². The Balaban J connectivity index is 1.86. The van der Waals surface area contributed by atoms with E-state index in [1.807, 2.05) is 18.2 Å². The molecule has 0 aliphatic heterocycles. The fourth-order valence-corrected chi connectivity index (χ4v) is 2.79. The Morgan fingerprint density at radius 2 is 1.48 bits per heavy atom. The van der Waals surface area contributed by atoms with Crippen molar-refractivity contribution >= 4 is 11.9 Å². The second kappa shape index (κ2) is 10.6. The Morgan fingerprint density at radius 3 is 2.08 bits per heavy atom. The highest BCUT2D eigenvalue weighted by atomic mass is 16.5. The molecule has 0 aromatic heterocycles. The Morgan fingerprint density at radius 1 is 0.880 bits per heavy atom. The molecule has 0 fully saturated rings. The van der Waals surface area contributed by atoms with E-state index in [0.717, 1.165) is 25.0 Å². The van der Waals surface area contributed by atoms with Crippen LogP contribution in [0.4, 0.5) is 0 Å². The third kappa shape index (κ3) is 7.06. The Kier molecular flexibility index (Phi) is 8.14. The maximum atomic E-state index is 11.0. The zero-order valence-corrected chi connectivity index (χ0v) is 15.3. The van der Waals surface area contributed by atoms with Crippen LogP contribution in [0.25, 0.3) is 17.2 Å². The van der Waals surface area contributed by atoms with Crippen molar-refractivity contribution in [1.82, 2.24) is 0 Å². The SMILES string of the molecule is COCCCCCCc1ccc(-c2ccc(C=CC(C)=O)cc2)cc1. The van der Waals surface area contributed by atoms with E-state index in [1.165, 1.54) is 36.0 Å². The summed E-state index contributed by atoms with van der Waals surface area (Å²) in [6, 6.07) is 17.1. The number of benzene rings is 2. The molecule has 2 aromatic rings. The summed E-state index contributed by atoms with van der Waals surface area (Å²) in [4.78, 5) is 11.0. The molecule has 0 saturated heterocycles. The average Bonchev–Trinajstić information content (AvgIpc) is 2.64. The highest BCUT2D eigenvalue weighted by Gasteiger charge is 1.99. The molecule has 25 heavy (non-hydrogen) atoms. The van der Waals surface area contributed by atoms with Crippen LogP contribution in [0.5, 0.6) is 0 Å². The van der Waals surface area contributed by atoms with E-state index in [-0.39, 0.29) is 5.78 Å². The molecule has 0 saturated carbocycles. The maximum absolute atomic E-state index is 11.0. The number of ether oxygens (including phenoxy) is 1. The number of allylic oxidation sites excluding steroid dienone is 1. The molecule has 2 heteroatoms.